The molecular formula is C16H18O. The van der Waals surface area contributed by atoms with E-state index in [4.69, 9.17) is 0 Å². The van der Waals surface area contributed by atoms with Crippen molar-refractivity contribution in [3.8, 4) is 0 Å². The van der Waals surface area contributed by atoms with Gasteiger partial charge in [-0.2, -0.15) is 0 Å². The Balaban J connectivity index is 2.45. The minimum atomic E-state index is 0.0810. The molecule has 0 unspecified atom stereocenters. The van der Waals surface area contributed by atoms with Crippen molar-refractivity contribution in [3.63, 3.8) is 0 Å². The van der Waals surface area contributed by atoms with Crippen LogP contribution in [0.1, 0.15) is 48.2 Å². The molecule has 0 fully saturated rings. The summed E-state index contributed by atoms with van der Waals surface area (Å²) in [6.45, 7) is 6.48. The third kappa shape index (κ3) is 2.38. The van der Waals surface area contributed by atoms with E-state index in [2.05, 4.69) is 45.1 Å². The molecule has 88 valence electrons. The van der Waals surface area contributed by atoms with Gasteiger partial charge in [-0.1, -0.05) is 57.2 Å². The first-order valence-corrected chi connectivity index (χ1v) is 5.97. The smallest absolute Gasteiger partial charge is 0.150 e. The van der Waals surface area contributed by atoms with E-state index in [1.54, 1.807) is 0 Å². The van der Waals surface area contributed by atoms with Gasteiger partial charge in [0.1, 0.15) is 6.29 Å². The second-order valence-corrected chi connectivity index (χ2v) is 5.51. The normalized spacial score (nSPS) is 15.5. The van der Waals surface area contributed by atoms with Crippen LogP contribution in [0.15, 0.2) is 42.5 Å². The van der Waals surface area contributed by atoms with Gasteiger partial charge in [-0.3, -0.25) is 4.79 Å². The van der Waals surface area contributed by atoms with E-state index in [0.717, 1.165) is 17.4 Å². The average Bonchev–Trinajstić information content (AvgIpc) is 2.80. The minimum absolute atomic E-state index is 0.0810. The molecule has 0 aliphatic heterocycles. The van der Waals surface area contributed by atoms with Crippen molar-refractivity contribution in [2.24, 2.45) is 0 Å². The van der Waals surface area contributed by atoms with Crippen molar-refractivity contribution >= 4 is 6.29 Å². The molecule has 2 rings (SSSR count). The van der Waals surface area contributed by atoms with Gasteiger partial charge in [-0.15, -0.1) is 0 Å². The van der Waals surface area contributed by atoms with Crippen LogP contribution >= 0.6 is 0 Å². The molecule has 1 aliphatic rings. The van der Waals surface area contributed by atoms with Crippen LogP contribution in [0.3, 0.4) is 0 Å². The second-order valence-electron chi connectivity index (χ2n) is 5.51. The van der Waals surface area contributed by atoms with E-state index in [1.807, 2.05) is 18.2 Å². The van der Waals surface area contributed by atoms with Gasteiger partial charge in [0.2, 0.25) is 0 Å². The largest absolute Gasteiger partial charge is 0.298 e. The Bertz CT molecular complexity index is 475. The molecular weight excluding hydrogens is 208 g/mol. The Kier molecular flexibility index (Phi) is 3.01. The van der Waals surface area contributed by atoms with Crippen LogP contribution in [0.4, 0.5) is 0 Å². The van der Waals surface area contributed by atoms with Crippen molar-refractivity contribution in [1.82, 2.24) is 0 Å². The summed E-state index contributed by atoms with van der Waals surface area (Å²) >= 11 is 0. The molecule has 17 heavy (non-hydrogen) atoms. The van der Waals surface area contributed by atoms with Gasteiger partial charge in [0.25, 0.3) is 0 Å². The number of hydrogen-bond acceptors (Lipinski definition) is 1. The van der Waals surface area contributed by atoms with Crippen molar-refractivity contribution in [2.75, 3.05) is 0 Å². The van der Waals surface area contributed by atoms with Crippen molar-refractivity contribution < 1.29 is 4.79 Å². The SMILES string of the molecule is CC(C)(C)c1ccc(C2C=CC=C2)c(C=O)c1. The maximum absolute atomic E-state index is 11.2. The third-order valence-electron chi connectivity index (χ3n) is 3.19. The first kappa shape index (κ1) is 11.8. The molecule has 1 heteroatoms. The summed E-state index contributed by atoms with van der Waals surface area (Å²) in [5.74, 6) is 0.254. The Labute approximate surface area is 103 Å². The van der Waals surface area contributed by atoms with Crippen LogP contribution in [-0.2, 0) is 5.41 Å². The summed E-state index contributed by atoms with van der Waals surface area (Å²) in [6.07, 6.45) is 9.23. The van der Waals surface area contributed by atoms with Crippen LogP contribution in [0.25, 0.3) is 0 Å². The Morgan fingerprint density at radius 2 is 1.76 bits per heavy atom. The predicted molar refractivity (Wildman–Crippen MR) is 71.6 cm³/mol. The number of allylic oxidation sites excluding steroid dienone is 4. The third-order valence-corrected chi connectivity index (χ3v) is 3.19. The Hall–Kier alpha value is -1.63. The molecule has 0 radical (unpaired) electrons. The average molecular weight is 226 g/mol. The van der Waals surface area contributed by atoms with Gasteiger partial charge < -0.3 is 0 Å². The zero-order valence-electron chi connectivity index (χ0n) is 10.6. The van der Waals surface area contributed by atoms with E-state index in [1.165, 1.54) is 5.56 Å². The lowest BCUT2D eigenvalue weighted by molar-refractivity contribution is 0.112. The van der Waals surface area contributed by atoms with Gasteiger partial charge in [0.05, 0.1) is 0 Å². The van der Waals surface area contributed by atoms with Crippen molar-refractivity contribution in [3.05, 3.63) is 59.2 Å². The van der Waals surface area contributed by atoms with Crippen LogP contribution in [-0.4, -0.2) is 6.29 Å². The first-order chi connectivity index (χ1) is 8.02. The van der Waals surface area contributed by atoms with E-state index in [-0.39, 0.29) is 11.3 Å². The van der Waals surface area contributed by atoms with Gasteiger partial charge in [0.15, 0.2) is 0 Å². The number of carbonyl (C=O) groups is 1. The molecule has 0 saturated carbocycles. The fourth-order valence-electron chi connectivity index (χ4n) is 2.09. The topological polar surface area (TPSA) is 17.1 Å². The Morgan fingerprint density at radius 1 is 1.12 bits per heavy atom. The number of hydrogen-bond donors (Lipinski definition) is 0. The molecule has 1 nitrogen and oxygen atoms in total. The number of aldehydes is 1. The highest BCUT2D eigenvalue weighted by Gasteiger charge is 2.17. The molecule has 0 saturated heterocycles. The maximum Gasteiger partial charge on any atom is 0.150 e. The van der Waals surface area contributed by atoms with Gasteiger partial charge in [0, 0.05) is 11.5 Å². The Morgan fingerprint density at radius 3 is 2.29 bits per heavy atom. The zero-order chi connectivity index (χ0) is 12.5. The van der Waals surface area contributed by atoms with Crippen molar-refractivity contribution in [1.29, 1.82) is 0 Å². The number of benzene rings is 1. The van der Waals surface area contributed by atoms with Gasteiger partial charge >= 0.3 is 0 Å². The lowest BCUT2D eigenvalue weighted by Gasteiger charge is -2.21. The van der Waals surface area contributed by atoms with Gasteiger partial charge in [-0.05, 0) is 22.6 Å². The standard InChI is InChI=1S/C16H18O/c1-16(2,3)14-8-9-15(13(10-14)11-17)12-6-4-5-7-12/h4-12H,1-3H3. The molecule has 1 aromatic carbocycles. The summed E-state index contributed by atoms with van der Waals surface area (Å²) in [5, 5.41) is 0. The molecule has 1 aromatic rings. The number of carbonyl (C=O) groups excluding carboxylic acids is 1. The molecule has 0 N–H and O–H groups in total. The predicted octanol–water partition coefficient (Wildman–Crippen LogP) is 4.01. The van der Waals surface area contributed by atoms with Crippen LogP contribution < -0.4 is 0 Å². The highest BCUT2D eigenvalue weighted by Crippen LogP contribution is 2.29. The molecule has 1 aliphatic carbocycles. The van der Waals surface area contributed by atoms with Crippen LogP contribution in [0, 0.1) is 0 Å². The molecule has 0 spiro atoms. The fourth-order valence-corrected chi connectivity index (χ4v) is 2.09. The fraction of sp³-hybridized carbons (Fsp3) is 0.312. The highest BCUT2D eigenvalue weighted by atomic mass is 16.1. The van der Waals surface area contributed by atoms with Crippen LogP contribution in [0.5, 0.6) is 0 Å². The summed E-state index contributed by atoms with van der Waals surface area (Å²) in [5.41, 5.74) is 3.18. The minimum Gasteiger partial charge on any atom is -0.298 e. The summed E-state index contributed by atoms with van der Waals surface area (Å²) < 4.78 is 0. The lowest BCUT2D eigenvalue weighted by Crippen LogP contribution is -2.12. The molecule has 0 bridgehead atoms. The van der Waals surface area contributed by atoms with E-state index >= 15 is 0 Å². The first-order valence-electron chi connectivity index (χ1n) is 5.97. The zero-order valence-corrected chi connectivity index (χ0v) is 10.6. The summed E-state index contributed by atoms with van der Waals surface area (Å²) in [4.78, 5) is 11.2. The van der Waals surface area contributed by atoms with E-state index < -0.39 is 0 Å². The highest BCUT2D eigenvalue weighted by molar-refractivity contribution is 5.78. The molecule has 0 amide bonds. The maximum atomic E-state index is 11.2. The monoisotopic (exact) mass is 226 g/mol. The van der Waals surface area contributed by atoms with Crippen molar-refractivity contribution in [2.45, 2.75) is 32.1 Å². The molecule has 0 atom stereocenters. The van der Waals surface area contributed by atoms with E-state index in [9.17, 15) is 4.79 Å². The lowest BCUT2D eigenvalue weighted by atomic mass is 9.84. The quantitative estimate of drug-likeness (QED) is 0.696. The summed E-state index contributed by atoms with van der Waals surface area (Å²) in [7, 11) is 0. The van der Waals surface area contributed by atoms with Crippen LogP contribution in [0.2, 0.25) is 0 Å². The number of rotatable bonds is 2. The second kappa shape index (κ2) is 4.33. The molecule has 0 heterocycles. The van der Waals surface area contributed by atoms with E-state index in [0.29, 0.717) is 0 Å². The molecule has 0 aromatic heterocycles. The summed E-state index contributed by atoms with van der Waals surface area (Å²) in [6, 6.07) is 6.22. The van der Waals surface area contributed by atoms with Gasteiger partial charge in [-0.25, -0.2) is 0 Å².